The van der Waals surface area contributed by atoms with Crippen LogP contribution in [0, 0.1) is 5.92 Å². The van der Waals surface area contributed by atoms with Crippen molar-refractivity contribution < 1.29 is 24.6 Å². The first-order valence-electron chi connectivity index (χ1n) is 9.61. The van der Waals surface area contributed by atoms with Crippen LogP contribution in [-0.4, -0.2) is 40.1 Å². The molecule has 0 bridgehead atoms. The number of rotatable bonds is 8. The van der Waals surface area contributed by atoms with Gasteiger partial charge in [-0.1, -0.05) is 54.9 Å². The summed E-state index contributed by atoms with van der Waals surface area (Å²) in [6.45, 7) is 1.54. The molecule has 0 radical (unpaired) electrons. The molecule has 0 heterocycles. The lowest BCUT2D eigenvalue weighted by molar-refractivity contribution is -0.141. The molecule has 9 heteroatoms. The number of benzene rings is 2. The lowest BCUT2D eigenvalue weighted by atomic mass is 9.95. The third-order valence-electron chi connectivity index (χ3n) is 4.74. The zero-order valence-electron chi connectivity index (χ0n) is 16.9. The molecule has 0 saturated carbocycles. The summed E-state index contributed by atoms with van der Waals surface area (Å²) in [6.07, 6.45) is -0.395. The lowest BCUT2D eigenvalue weighted by Crippen LogP contribution is -2.44. The van der Waals surface area contributed by atoms with Crippen LogP contribution >= 0.6 is 11.6 Å². The highest BCUT2D eigenvalue weighted by molar-refractivity contribution is 6.38. The van der Waals surface area contributed by atoms with Crippen LogP contribution in [0.4, 0.5) is 4.79 Å². The van der Waals surface area contributed by atoms with Crippen LogP contribution in [0.1, 0.15) is 25.3 Å². The number of hydrogen-bond acceptors (Lipinski definition) is 3. The van der Waals surface area contributed by atoms with Gasteiger partial charge in [-0.05, 0) is 48.1 Å². The van der Waals surface area contributed by atoms with Crippen LogP contribution < -0.4 is 11.1 Å². The molecule has 0 aromatic heterocycles. The normalized spacial score (nSPS) is 13.3. The van der Waals surface area contributed by atoms with Gasteiger partial charge in [0.25, 0.3) is 5.91 Å². The van der Waals surface area contributed by atoms with Crippen LogP contribution in [0.3, 0.4) is 0 Å². The molecular weight excluding hydrogens is 422 g/mol. The molecule has 0 spiro atoms. The lowest BCUT2D eigenvalue weighted by Gasteiger charge is -2.20. The average molecular weight is 446 g/mol. The fraction of sp³-hybridized carbons (Fsp3) is 0.273. The molecule has 0 fully saturated rings. The number of hydrogen-bond donors (Lipinski definition) is 4. The fourth-order valence-electron chi connectivity index (χ4n) is 3.06. The van der Waals surface area contributed by atoms with Gasteiger partial charge in [-0.25, -0.2) is 4.79 Å². The summed E-state index contributed by atoms with van der Waals surface area (Å²) in [7, 11) is 0. The van der Waals surface area contributed by atoms with E-state index < -0.39 is 35.8 Å². The SMILES string of the molecule is CC(CC(CCc1ccc(-c2cccc(Cl)c2)cc1)NC(=O)C(N)=NC(=O)O)C(=O)O. The second-order valence-corrected chi connectivity index (χ2v) is 7.61. The van der Waals surface area contributed by atoms with E-state index in [2.05, 4.69) is 10.3 Å². The van der Waals surface area contributed by atoms with Crippen LogP contribution in [0.5, 0.6) is 0 Å². The van der Waals surface area contributed by atoms with Crippen molar-refractivity contribution in [2.75, 3.05) is 0 Å². The van der Waals surface area contributed by atoms with Crippen molar-refractivity contribution in [1.29, 1.82) is 0 Å². The number of amides is 2. The minimum Gasteiger partial charge on any atom is -0.481 e. The Morgan fingerprint density at radius 1 is 1.10 bits per heavy atom. The first-order chi connectivity index (χ1) is 14.7. The molecule has 5 N–H and O–H groups in total. The number of aliphatic carboxylic acids is 1. The minimum atomic E-state index is -1.58. The van der Waals surface area contributed by atoms with Crippen LogP contribution in [-0.2, 0) is 16.0 Å². The molecule has 2 amide bonds. The molecule has 2 aromatic carbocycles. The number of nitrogens with one attached hydrogen (secondary N) is 1. The molecule has 2 atom stereocenters. The molecule has 8 nitrogen and oxygen atoms in total. The Bertz CT molecular complexity index is 975. The largest absolute Gasteiger partial charge is 0.481 e. The van der Waals surface area contributed by atoms with Gasteiger partial charge in [0.15, 0.2) is 5.84 Å². The van der Waals surface area contributed by atoms with E-state index in [4.69, 9.17) is 22.4 Å². The van der Waals surface area contributed by atoms with E-state index in [-0.39, 0.29) is 6.42 Å². The standard InChI is InChI=1S/C22H24ClN3O5/c1-13(21(28)29)11-18(25-20(27)19(24)26-22(30)31)10-7-14-5-8-15(9-6-14)16-3-2-4-17(23)12-16/h2-6,8-9,12-13,18H,7,10-11H2,1H3,(H2,24,26)(H,25,27)(H,28,29)(H,30,31). The van der Waals surface area contributed by atoms with Crippen LogP contribution in [0.25, 0.3) is 11.1 Å². The van der Waals surface area contributed by atoms with E-state index in [1.165, 1.54) is 6.92 Å². The second kappa shape index (κ2) is 11.1. The number of aryl methyl sites for hydroxylation is 1. The van der Waals surface area contributed by atoms with E-state index in [9.17, 15) is 19.5 Å². The van der Waals surface area contributed by atoms with Gasteiger partial charge in [0, 0.05) is 11.1 Å². The van der Waals surface area contributed by atoms with Crippen LogP contribution in [0.2, 0.25) is 5.02 Å². The van der Waals surface area contributed by atoms with Gasteiger partial charge in [-0.15, -0.1) is 0 Å². The number of nitrogens with zero attached hydrogens (tertiary/aromatic N) is 1. The van der Waals surface area contributed by atoms with Gasteiger partial charge in [0.2, 0.25) is 0 Å². The zero-order valence-corrected chi connectivity index (χ0v) is 17.7. The van der Waals surface area contributed by atoms with E-state index in [1.54, 1.807) is 6.07 Å². The van der Waals surface area contributed by atoms with Crippen molar-refractivity contribution in [1.82, 2.24) is 5.32 Å². The number of carbonyl (C=O) groups excluding carboxylic acids is 1. The van der Waals surface area contributed by atoms with Crippen molar-refractivity contribution >= 4 is 35.4 Å². The predicted octanol–water partition coefficient (Wildman–Crippen LogP) is 3.57. The van der Waals surface area contributed by atoms with E-state index in [0.717, 1.165) is 16.7 Å². The Morgan fingerprint density at radius 3 is 2.35 bits per heavy atom. The molecular formula is C22H24ClN3O5. The fourth-order valence-corrected chi connectivity index (χ4v) is 3.25. The summed E-state index contributed by atoms with van der Waals surface area (Å²) < 4.78 is 0. The van der Waals surface area contributed by atoms with Gasteiger partial charge in [-0.2, -0.15) is 4.99 Å². The number of halogens is 1. The highest BCUT2D eigenvalue weighted by Crippen LogP contribution is 2.23. The molecule has 2 unspecified atom stereocenters. The van der Waals surface area contributed by atoms with Gasteiger partial charge in [0.05, 0.1) is 5.92 Å². The predicted molar refractivity (Wildman–Crippen MR) is 118 cm³/mol. The summed E-state index contributed by atoms with van der Waals surface area (Å²) in [5.41, 5.74) is 8.38. The molecule has 0 aliphatic carbocycles. The van der Waals surface area contributed by atoms with Crippen molar-refractivity contribution in [2.24, 2.45) is 16.6 Å². The summed E-state index contributed by atoms with van der Waals surface area (Å²) in [5.74, 6) is -3.22. The number of carboxylic acids is 1. The summed E-state index contributed by atoms with van der Waals surface area (Å²) in [4.78, 5) is 36.9. The molecule has 0 aliphatic heterocycles. The maximum absolute atomic E-state index is 12.1. The summed E-state index contributed by atoms with van der Waals surface area (Å²) in [5, 5.41) is 21.0. The number of amidine groups is 1. The van der Waals surface area contributed by atoms with Gasteiger partial charge in [0.1, 0.15) is 0 Å². The van der Waals surface area contributed by atoms with Gasteiger partial charge in [-0.3, -0.25) is 9.59 Å². The van der Waals surface area contributed by atoms with Crippen LogP contribution in [0.15, 0.2) is 53.5 Å². The van der Waals surface area contributed by atoms with Crippen molar-refractivity contribution in [3.05, 3.63) is 59.1 Å². The Labute approximate surface area is 184 Å². The zero-order chi connectivity index (χ0) is 23.0. The van der Waals surface area contributed by atoms with E-state index >= 15 is 0 Å². The monoisotopic (exact) mass is 445 g/mol. The Kier molecular flexibility index (Phi) is 8.57. The Hall–Kier alpha value is -3.39. The quantitative estimate of drug-likeness (QED) is 0.361. The first-order valence-corrected chi connectivity index (χ1v) is 9.99. The highest BCUT2D eigenvalue weighted by atomic mass is 35.5. The second-order valence-electron chi connectivity index (χ2n) is 7.17. The maximum Gasteiger partial charge on any atom is 0.433 e. The summed E-state index contributed by atoms with van der Waals surface area (Å²) >= 11 is 6.04. The highest BCUT2D eigenvalue weighted by Gasteiger charge is 2.21. The van der Waals surface area contributed by atoms with Crippen molar-refractivity contribution in [2.45, 2.75) is 32.2 Å². The smallest absolute Gasteiger partial charge is 0.433 e. The molecule has 0 aliphatic rings. The number of carbonyl (C=O) groups is 3. The third kappa shape index (κ3) is 7.75. The first kappa shape index (κ1) is 23.9. The van der Waals surface area contributed by atoms with E-state index in [1.807, 2.05) is 42.5 Å². The van der Waals surface area contributed by atoms with Crippen molar-refractivity contribution in [3.8, 4) is 11.1 Å². The number of nitrogens with two attached hydrogens (primary N) is 1. The van der Waals surface area contributed by atoms with E-state index in [0.29, 0.717) is 17.9 Å². The molecule has 31 heavy (non-hydrogen) atoms. The molecule has 2 rings (SSSR count). The topological polar surface area (TPSA) is 142 Å². The average Bonchev–Trinajstić information content (AvgIpc) is 2.71. The maximum atomic E-state index is 12.1. The van der Waals surface area contributed by atoms with Crippen molar-refractivity contribution in [3.63, 3.8) is 0 Å². The van der Waals surface area contributed by atoms with Gasteiger partial charge < -0.3 is 21.3 Å². The third-order valence-corrected chi connectivity index (χ3v) is 4.97. The Morgan fingerprint density at radius 2 is 1.77 bits per heavy atom. The minimum absolute atomic E-state index is 0.169. The molecule has 2 aromatic rings. The summed E-state index contributed by atoms with van der Waals surface area (Å²) in [6, 6.07) is 14.8. The number of aliphatic imine (C=N–C) groups is 1. The molecule has 0 saturated heterocycles. The Balaban J connectivity index is 2.07. The molecule has 164 valence electrons. The van der Waals surface area contributed by atoms with Gasteiger partial charge >= 0.3 is 12.1 Å². The number of carboxylic acid groups (broad SMARTS) is 2.